The lowest BCUT2D eigenvalue weighted by Crippen LogP contribution is -2.65. The Hall–Kier alpha value is -6.27. The normalized spacial score (nSPS) is 16.0. The fourth-order valence-electron chi connectivity index (χ4n) is 9.33. The standard InChI is InChI=1S/C59H62N2O7/c1-46(62)58(64,45-65-41-47-23-9-2-10-24-47)56(68-44-50-29-15-5-16-30-50)54(66-42-48-25-11-3-12-26-48)55(67-43-49-27-13-4-14-28-49)57(63)60-37-39-61(40-38-60)59(51-31-17-6-18-32-51,52-33-19-7-20-34-52)53-35-21-8-22-36-53/h2-36,46,54-56,62,64H,37-45H2,1H3/t46-,54-,55-,56+,58?/m1/s1. The maximum Gasteiger partial charge on any atom is 0.254 e. The lowest BCUT2D eigenvalue weighted by atomic mass is 9.75. The fraction of sp³-hybridized carbons (Fsp3) is 0.271. The topological polar surface area (TPSA) is 101 Å². The van der Waals surface area contributed by atoms with Gasteiger partial charge in [-0.15, -0.1) is 0 Å². The molecular formula is C59H62N2O7. The number of aliphatic hydroxyl groups is 2. The van der Waals surface area contributed by atoms with Crippen molar-refractivity contribution in [1.29, 1.82) is 0 Å². The number of aliphatic hydroxyl groups excluding tert-OH is 1. The maximum atomic E-state index is 15.7. The molecule has 0 radical (unpaired) electrons. The van der Waals surface area contributed by atoms with E-state index >= 15 is 4.79 Å². The first-order valence-electron chi connectivity index (χ1n) is 23.6. The van der Waals surface area contributed by atoms with Gasteiger partial charge in [-0.05, 0) is 45.9 Å². The molecule has 8 rings (SSSR count). The minimum atomic E-state index is -2.08. The zero-order valence-corrected chi connectivity index (χ0v) is 38.7. The summed E-state index contributed by atoms with van der Waals surface area (Å²) in [5.74, 6) is -0.310. The molecule has 1 heterocycles. The lowest BCUT2D eigenvalue weighted by molar-refractivity contribution is -0.247. The molecule has 1 fully saturated rings. The number of carbonyl (C=O) groups excluding carboxylic acids is 1. The molecule has 5 atom stereocenters. The summed E-state index contributed by atoms with van der Waals surface area (Å²) in [6.45, 7) is 3.35. The molecule has 0 aliphatic carbocycles. The monoisotopic (exact) mass is 910 g/mol. The zero-order chi connectivity index (χ0) is 47.0. The minimum absolute atomic E-state index is 0.0449. The van der Waals surface area contributed by atoms with Gasteiger partial charge in [-0.25, -0.2) is 0 Å². The summed E-state index contributed by atoms with van der Waals surface area (Å²) >= 11 is 0. The molecular weight excluding hydrogens is 849 g/mol. The highest BCUT2D eigenvalue weighted by molar-refractivity contribution is 5.82. The van der Waals surface area contributed by atoms with Gasteiger partial charge in [0.05, 0.1) is 44.7 Å². The van der Waals surface area contributed by atoms with Crippen LogP contribution in [0.15, 0.2) is 212 Å². The second-order valence-corrected chi connectivity index (χ2v) is 17.5. The third-order valence-corrected chi connectivity index (χ3v) is 13.0. The smallest absolute Gasteiger partial charge is 0.254 e. The number of piperazine rings is 1. The summed E-state index contributed by atoms with van der Waals surface area (Å²) in [5, 5.41) is 24.7. The van der Waals surface area contributed by atoms with Gasteiger partial charge in [0, 0.05) is 26.2 Å². The number of carbonyl (C=O) groups is 1. The Morgan fingerprint density at radius 1 is 0.500 bits per heavy atom. The molecule has 9 heteroatoms. The Balaban J connectivity index is 1.17. The summed E-state index contributed by atoms with van der Waals surface area (Å²) < 4.78 is 26.8. The SMILES string of the molecule is C[C@@H](O)C(O)(COCc1ccccc1)[C@@H](OCc1ccccc1)[C@H](OCc1ccccc1)[C@@H](OCc1ccccc1)C(=O)N1CCN(C(c2ccccc2)(c2ccccc2)c2ccccc2)CC1. The first kappa shape index (κ1) is 48.2. The number of nitrogens with zero attached hydrogens (tertiary/aromatic N) is 2. The van der Waals surface area contributed by atoms with Crippen LogP contribution in [0.3, 0.4) is 0 Å². The fourth-order valence-corrected chi connectivity index (χ4v) is 9.33. The van der Waals surface area contributed by atoms with Gasteiger partial charge in [-0.3, -0.25) is 9.69 Å². The maximum absolute atomic E-state index is 15.7. The van der Waals surface area contributed by atoms with Gasteiger partial charge in [0.25, 0.3) is 5.91 Å². The highest BCUT2D eigenvalue weighted by atomic mass is 16.6. The largest absolute Gasteiger partial charge is 0.390 e. The van der Waals surface area contributed by atoms with Crippen molar-refractivity contribution in [2.45, 2.75) is 68.9 Å². The third-order valence-electron chi connectivity index (χ3n) is 13.0. The van der Waals surface area contributed by atoms with E-state index in [2.05, 4.69) is 77.7 Å². The molecule has 0 saturated carbocycles. The van der Waals surface area contributed by atoms with Gasteiger partial charge in [0.1, 0.15) is 17.8 Å². The third kappa shape index (κ3) is 11.5. The second kappa shape index (κ2) is 23.6. The van der Waals surface area contributed by atoms with E-state index in [0.717, 1.165) is 38.9 Å². The van der Waals surface area contributed by atoms with E-state index in [1.54, 1.807) is 0 Å². The van der Waals surface area contributed by atoms with Gasteiger partial charge in [0.15, 0.2) is 6.10 Å². The molecule has 7 aromatic rings. The average molecular weight is 911 g/mol. The molecule has 1 saturated heterocycles. The second-order valence-electron chi connectivity index (χ2n) is 17.5. The van der Waals surface area contributed by atoms with Crippen LogP contribution in [0.25, 0.3) is 0 Å². The van der Waals surface area contributed by atoms with Crippen molar-refractivity contribution in [3.63, 3.8) is 0 Å². The predicted octanol–water partition coefficient (Wildman–Crippen LogP) is 9.21. The van der Waals surface area contributed by atoms with Crippen molar-refractivity contribution in [3.05, 3.63) is 251 Å². The van der Waals surface area contributed by atoms with Crippen molar-refractivity contribution in [1.82, 2.24) is 9.80 Å². The number of amides is 1. The Morgan fingerprint density at radius 2 is 0.853 bits per heavy atom. The Kier molecular flexibility index (Phi) is 16.8. The van der Waals surface area contributed by atoms with E-state index in [9.17, 15) is 10.2 Å². The Bertz CT molecular complexity index is 2430. The van der Waals surface area contributed by atoms with Gasteiger partial charge < -0.3 is 34.1 Å². The van der Waals surface area contributed by atoms with E-state index in [-0.39, 0.29) is 38.9 Å². The summed E-state index contributed by atoms with van der Waals surface area (Å²) in [6.07, 6.45) is -5.27. The predicted molar refractivity (Wildman–Crippen MR) is 265 cm³/mol. The molecule has 0 spiro atoms. The number of hydrogen-bond acceptors (Lipinski definition) is 8. The van der Waals surface area contributed by atoms with E-state index in [1.807, 2.05) is 144 Å². The average Bonchev–Trinajstić information content (AvgIpc) is 3.40. The van der Waals surface area contributed by atoms with Crippen LogP contribution in [0.5, 0.6) is 0 Å². The zero-order valence-electron chi connectivity index (χ0n) is 38.7. The van der Waals surface area contributed by atoms with E-state index in [1.165, 1.54) is 6.92 Å². The summed E-state index contributed by atoms with van der Waals surface area (Å²) in [7, 11) is 0. The Morgan fingerprint density at radius 3 is 1.25 bits per heavy atom. The van der Waals surface area contributed by atoms with E-state index in [4.69, 9.17) is 18.9 Å². The molecule has 7 aromatic carbocycles. The number of hydrogen-bond donors (Lipinski definition) is 2. The Labute approximate surface area is 401 Å². The molecule has 1 aliphatic heterocycles. The molecule has 0 aromatic heterocycles. The quantitative estimate of drug-likeness (QED) is 0.0650. The molecule has 68 heavy (non-hydrogen) atoms. The molecule has 1 unspecified atom stereocenters. The van der Waals surface area contributed by atoms with Crippen molar-refractivity contribution in [2.75, 3.05) is 32.8 Å². The van der Waals surface area contributed by atoms with Crippen LogP contribution >= 0.6 is 0 Å². The van der Waals surface area contributed by atoms with Crippen LogP contribution in [0.2, 0.25) is 0 Å². The minimum Gasteiger partial charge on any atom is -0.390 e. The number of rotatable bonds is 22. The van der Waals surface area contributed by atoms with Crippen LogP contribution < -0.4 is 0 Å². The molecule has 2 N–H and O–H groups in total. The van der Waals surface area contributed by atoms with Crippen LogP contribution in [0.4, 0.5) is 0 Å². The van der Waals surface area contributed by atoms with Crippen LogP contribution in [-0.2, 0) is 55.7 Å². The summed E-state index contributed by atoms with van der Waals surface area (Å²) in [5.41, 5.74) is 4.07. The van der Waals surface area contributed by atoms with E-state index < -0.39 is 35.6 Å². The highest BCUT2D eigenvalue weighted by Crippen LogP contribution is 2.43. The summed E-state index contributed by atoms with van der Waals surface area (Å²) in [6, 6.07) is 70.3. The molecule has 9 nitrogen and oxygen atoms in total. The highest BCUT2D eigenvalue weighted by Gasteiger charge is 2.53. The van der Waals surface area contributed by atoms with Crippen molar-refractivity contribution < 1.29 is 34.0 Å². The lowest BCUT2D eigenvalue weighted by Gasteiger charge is -2.49. The van der Waals surface area contributed by atoms with Crippen LogP contribution in [0, 0.1) is 0 Å². The first-order chi connectivity index (χ1) is 33.4. The summed E-state index contributed by atoms with van der Waals surface area (Å²) in [4.78, 5) is 20.0. The van der Waals surface area contributed by atoms with Gasteiger partial charge in [-0.1, -0.05) is 212 Å². The first-order valence-corrected chi connectivity index (χ1v) is 23.6. The molecule has 350 valence electrons. The van der Waals surface area contributed by atoms with Gasteiger partial charge in [-0.2, -0.15) is 0 Å². The van der Waals surface area contributed by atoms with Gasteiger partial charge >= 0.3 is 0 Å². The van der Waals surface area contributed by atoms with Gasteiger partial charge in [0.2, 0.25) is 0 Å². The van der Waals surface area contributed by atoms with Crippen LogP contribution in [-0.4, -0.2) is 88.7 Å². The number of ether oxygens (including phenoxy) is 4. The molecule has 0 bridgehead atoms. The van der Waals surface area contributed by atoms with Crippen molar-refractivity contribution in [2.24, 2.45) is 0 Å². The van der Waals surface area contributed by atoms with Crippen molar-refractivity contribution in [3.8, 4) is 0 Å². The van der Waals surface area contributed by atoms with Crippen molar-refractivity contribution >= 4 is 5.91 Å². The number of benzene rings is 7. The molecule has 1 amide bonds. The van der Waals surface area contributed by atoms with Crippen LogP contribution in [0.1, 0.15) is 45.9 Å². The molecule has 1 aliphatic rings. The van der Waals surface area contributed by atoms with E-state index in [0.29, 0.717) is 26.2 Å².